The van der Waals surface area contributed by atoms with Gasteiger partial charge in [0.05, 0.1) is 0 Å². The minimum Gasteiger partial charge on any atom is -0.344 e. The van der Waals surface area contributed by atoms with Crippen molar-refractivity contribution < 1.29 is 0 Å². The third-order valence-electron chi connectivity index (χ3n) is 2.58. The van der Waals surface area contributed by atoms with Crippen LogP contribution in [0.1, 0.15) is 31.7 Å². The van der Waals surface area contributed by atoms with Crippen LogP contribution in [-0.2, 0) is 0 Å². The number of aromatic nitrogens is 2. The molecule has 0 aliphatic rings. The van der Waals surface area contributed by atoms with Crippen molar-refractivity contribution in [3.05, 3.63) is 17.5 Å². The van der Waals surface area contributed by atoms with E-state index >= 15 is 0 Å². The number of aryl methyl sites for hydroxylation is 1. The molecule has 0 N–H and O–H groups in total. The van der Waals surface area contributed by atoms with Crippen molar-refractivity contribution in [3.8, 4) is 6.07 Å². The van der Waals surface area contributed by atoms with Crippen LogP contribution < -0.4 is 4.90 Å². The predicted octanol–water partition coefficient (Wildman–Crippen LogP) is 2.14. The van der Waals surface area contributed by atoms with Crippen LogP contribution in [0.2, 0.25) is 0 Å². The van der Waals surface area contributed by atoms with E-state index in [1.165, 1.54) is 0 Å². The van der Waals surface area contributed by atoms with Crippen LogP contribution in [0, 0.1) is 24.2 Å². The van der Waals surface area contributed by atoms with Gasteiger partial charge in [-0.1, -0.05) is 20.3 Å². The van der Waals surface area contributed by atoms with Crippen LogP contribution in [0.25, 0.3) is 0 Å². The van der Waals surface area contributed by atoms with E-state index in [2.05, 4.69) is 29.9 Å². The Morgan fingerprint density at radius 2 is 2.19 bits per heavy atom. The van der Waals surface area contributed by atoms with Crippen molar-refractivity contribution in [2.75, 3.05) is 18.5 Å². The average molecular weight is 218 g/mol. The maximum atomic E-state index is 8.84. The summed E-state index contributed by atoms with van der Waals surface area (Å²) in [7, 11) is 1.96. The zero-order chi connectivity index (χ0) is 12.1. The van der Waals surface area contributed by atoms with Gasteiger partial charge in [0, 0.05) is 19.3 Å². The first-order valence-corrected chi connectivity index (χ1v) is 5.53. The minimum atomic E-state index is 0.429. The average Bonchev–Trinajstić information content (AvgIpc) is 2.27. The zero-order valence-corrected chi connectivity index (χ0v) is 10.4. The van der Waals surface area contributed by atoms with E-state index in [9.17, 15) is 0 Å². The van der Waals surface area contributed by atoms with Gasteiger partial charge in [-0.2, -0.15) is 5.26 Å². The summed E-state index contributed by atoms with van der Waals surface area (Å²) in [6.07, 6.45) is 1.13. The van der Waals surface area contributed by atoms with Gasteiger partial charge in [-0.25, -0.2) is 9.97 Å². The Morgan fingerprint density at radius 3 is 2.75 bits per heavy atom. The lowest BCUT2D eigenvalue weighted by atomic mass is 10.1. The standard InChI is InChI=1S/C12H18N4/c1-5-9(2)8-16(4)12-14-10(3)6-11(7-13)15-12/h6,9H,5,8H2,1-4H3. The lowest BCUT2D eigenvalue weighted by molar-refractivity contribution is 0.554. The van der Waals surface area contributed by atoms with Crippen molar-refractivity contribution in [3.63, 3.8) is 0 Å². The van der Waals surface area contributed by atoms with E-state index in [1.54, 1.807) is 6.07 Å². The maximum Gasteiger partial charge on any atom is 0.226 e. The number of anilines is 1. The third-order valence-corrected chi connectivity index (χ3v) is 2.58. The zero-order valence-electron chi connectivity index (χ0n) is 10.4. The highest BCUT2D eigenvalue weighted by molar-refractivity contribution is 5.35. The molecule has 4 heteroatoms. The van der Waals surface area contributed by atoms with Gasteiger partial charge in [0.2, 0.25) is 5.95 Å². The van der Waals surface area contributed by atoms with E-state index in [4.69, 9.17) is 5.26 Å². The topological polar surface area (TPSA) is 52.8 Å². The molecule has 0 amide bonds. The Bertz CT molecular complexity index is 394. The van der Waals surface area contributed by atoms with Gasteiger partial charge < -0.3 is 4.90 Å². The second kappa shape index (κ2) is 5.45. The Labute approximate surface area is 96.9 Å². The number of nitriles is 1. The first-order chi connectivity index (χ1) is 7.56. The van der Waals surface area contributed by atoms with Crippen LogP contribution in [-0.4, -0.2) is 23.6 Å². The predicted molar refractivity (Wildman–Crippen MR) is 64.2 cm³/mol. The van der Waals surface area contributed by atoms with Gasteiger partial charge in [0.1, 0.15) is 11.8 Å². The fourth-order valence-corrected chi connectivity index (χ4v) is 1.46. The van der Waals surface area contributed by atoms with Crippen molar-refractivity contribution in [1.29, 1.82) is 5.26 Å². The highest BCUT2D eigenvalue weighted by Gasteiger charge is 2.09. The Hall–Kier alpha value is -1.63. The van der Waals surface area contributed by atoms with Crippen molar-refractivity contribution in [2.24, 2.45) is 5.92 Å². The van der Waals surface area contributed by atoms with Gasteiger partial charge in [-0.3, -0.25) is 0 Å². The second-order valence-electron chi connectivity index (χ2n) is 4.20. The fourth-order valence-electron chi connectivity index (χ4n) is 1.46. The smallest absolute Gasteiger partial charge is 0.226 e. The summed E-state index contributed by atoms with van der Waals surface area (Å²) in [6.45, 7) is 7.14. The minimum absolute atomic E-state index is 0.429. The quantitative estimate of drug-likeness (QED) is 0.777. The second-order valence-corrected chi connectivity index (χ2v) is 4.20. The first kappa shape index (κ1) is 12.4. The van der Waals surface area contributed by atoms with E-state index in [1.807, 2.05) is 18.9 Å². The monoisotopic (exact) mass is 218 g/mol. The summed E-state index contributed by atoms with van der Waals surface area (Å²) in [4.78, 5) is 10.5. The molecule has 0 saturated carbocycles. The van der Waals surface area contributed by atoms with Crippen molar-refractivity contribution in [2.45, 2.75) is 27.2 Å². The molecule has 0 aliphatic carbocycles. The van der Waals surface area contributed by atoms with E-state index in [0.717, 1.165) is 18.7 Å². The molecule has 1 aromatic rings. The Kier molecular flexibility index (Phi) is 4.24. The molecule has 16 heavy (non-hydrogen) atoms. The number of hydrogen-bond acceptors (Lipinski definition) is 4. The number of rotatable bonds is 4. The van der Waals surface area contributed by atoms with Gasteiger partial charge >= 0.3 is 0 Å². The van der Waals surface area contributed by atoms with E-state index in [0.29, 0.717) is 17.6 Å². The summed E-state index contributed by atoms with van der Waals surface area (Å²) in [5.41, 5.74) is 1.26. The normalized spacial score (nSPS) is 11.9. The highest BCUT2D eigenvalue weighted by atomic mass is 15.2. The third kappa shape index (κ3) is 3.20. The first-order valence-electron chi connectivity index (χ1n) is 5.53. The molecule has 1 aromatic heterocycles. The molecular formula is C12H18N4. The van der Waals surface area contributed by atoms with Gasteiger partial charge in [-0.05, 0) is 18.9 Å². The van der Waals surface area contributed by atoms with Crippen LogP contribution in [0.5, 0.6) is 0 Å². The van der Waals surface area contributed by atoms with Crippen LogP contribution in [0.4, 0.5) is 5.95 Å². The lowest BCUT2D eigenvalue weighted by Gasteiger charge is -2.20. The number of nitrogens with zero attached hydrogens (tertiary/aromatic N) is 4. The van der Waals surface area contributed by atoms with Crippen LogP contribution in [0.3, 0.4) is 0 Å². The summed E-state index contributed by atoms with van der Waals surface area (Å²) in [5, 5.41) is 8.84. The largest absolute Gasteiger partial charge is 0.344 e. The molecule has 0 aromatic carbocycles. The van der Waals surface area contributed by atoms with Gasteiger partial charge in [0.15, 0.2) is 0 Å². The highest BCUT2D eigenvalue weighted by Crippen LogP contribution is 2.11. The van der Waals surface area contributed by atoms with Gasteiger partial charge in [0.25, 0.3) is 0 Å². The van der Waals surface area contributed by atoms with Crippen LogP contribution >= 0.6 is 0 Å². The Balaban J connectivity index is 2.87. The molecule has 1 unspecified atom stereocenters. The number of hydrogen-bond donors (Lipinski definition) is 0. The molecule has 1 rings (SSSR count). The molecule has 0 radical (unpaired) electrons. The van der Waals surface area contributed by atoms with E-state index < -0.39 is 0 Å². The summed E-state index contributed by atoms with van der Waals surface area (Å²) >= 11 is 0. The molecule has 0 saturated heterocycles. The molecule has 0 aliphatic heterocycles. The summed E-state index contributed by atoms with van der Waals surface area (Å²) in [5.74, 6) is 1.23. The molecule has 1 atom stereocenters. The van der Waals surface area contributed by atoms with Crippen molar-refractivity contribution in [1.82, 2.24) is 9.97 Å². The molecule has 4 nitrogen and oxygen atoms in total. The lowest BCUT2D eigenvalue weighted by Crippen LogP contribution is -2.25. The Morgan fingerprint density at radius 1 is 1.50 bits per heavy atom. The van der Waals surface area contributed by atoms with E-state index in [-0.39, 0.29) is 0 Å². The molecule has 0 bridgehead atoms. The molecule has 1 heterocycles. The molecule has 0 fully saturated rings. The van der Waals surface area contributed by atoms with Crippen LogP contribution in [0.15, 0.2) is 6.07 Å². The molecular weight excluding hydrogens is 200 g/mol. The SMILES string of the molecule is CCC(C)CN(C)c1nc(C)cc(C#N)n1. The molecule has 86 valence electrons. The molecule has 0 spiro atoms. The summed E-state index contributed by atoms with van der Waals surface area (Å²) in [6, 6.07) is 3.75. The maximum absolute atomic E-state index is 8.84. The van der Waals surface area contributed by atoms with Gasteiger partial charge in [-0.15, -0.1) is 0 Å². The fraction of sp³-hybridized carbons (Fsp3) is 0.583. The summed E-state index contributed by atoms with van der Waals surface area (Å²) < 4.78 is 0. The van der Waals surface area contributed by atoms with Crippen molar-refractivity contribution >= 4 is 5.95 Å².